The van der Waals surface area contributed by atoms with Gasteiger partial charge in [-0.1, -0.05) is 54.6 Å². The SMILES string of the molecule is O=C(CNC(=O)O)Cc1ccccc1Nc1cc(CO)cc(Nc2c3ccccc3nc3ccccc23)c1. The van der Waals surface area contributed by atoms with Crippen molar-refractivity contribution in [1.82, 2.24) is 10.3 Å². The van der Waals surface area contributed by atoms with Crippen molar-refractivity contribution in [3.05, 3.63) is 102 Å². The molecule has 1 aromatic heterocycles. The zero-order valence-electron chi connectivity index (χ0n) is 20.4. The molecule has 38 heavy (non-hydrogen) atoms. The largest absolute Gasteiger partial charge is 0.465 e. The number of para-hydroxylation sites is 3. The maximum atomic E-state index is 12.3. The number of aliphatic hydroxyl groups is 1. The van der Waals surface area contributed by atoms with Gasteiger partial charge in [-0.2, -0.15) is 0 Å². The first-order valence-electron chi connectivity index (χ1n) is 12.1. The number of hydrogen-bond donors (Lipinski definition) is 5. The molecule has 5 rings (SSSR count). The van der Waals surface area contributed by atoms with E-state index in [4.69, 9.17) is 10.1 Å². The van der Waals surface area contributed by atoms with Crippen LogP contribution in [0, 0.1) is 0 Å². The van der Waals surface area contributed by atoms with Gasteiger partial charge >= 0.3 is 6.09 Å². The number of benzene rings is 4. The predicted octanol–water partition coefficient (Wildman–Crippen LogP) is 5.75. The molecule has 8 nitrogen and oxygen atoms in total. The van der Waals surface area contributed by atoms with E-state index in [0.29, 0.717) is 5.56 Å². The lowest BCUT2D eigenvalue weighted by Crippen LogP contribution is -2.28. The number of hydrogen-bond acceptors (Lipinski definition) is 6. The molecule has 0 saturated carbocycles. The van der Waals surface area contributed by atoms with Crippen LogP contribution in [0.25, 0.3) is 21.8 Å². The predicted molar refractivity (Wildman–Crippen MR) is 149 cm³/mol. The average Bonchev–Trinajstić information content (AvgIpc) is 2.92. The number of carbonyl (C=O) groups excluding carboxylic acids is 1. The minimum absolute atomic E-state index is 0.0727. The molecule has 1 heterocycles. The number of Topliss-reactive ketones (excluding diaryl/α,β-unsaturated/α-hetero) is 1. The lowest BCUT2D eigenvalue weighted by atomic mass is 10.1. The Morgan fingerprint density at radius 1 is 0.763 bits per heavy atom. The number of aromatic nitrogens is 1. The van der Waals surface area contributed by atoms with Crippen molar-refractivity contribution >= 4 is 56.4 Å². The summed E-state index contributed by atoms with van der Waals surface area (Å²) in [6.07, 6.45) is -1.16. The highest BCUT2D eigenvalue weighted by Crippen LogP contribution is 2.34. The molecule has 0 aliphatic carbocycles. The highest BCUT2D eigenvalue weighted by Gasteiger charge is 2.12. The second-order valence-electron chi connectivity index (χ2n) is 8.88. The Morgan fingerprint density at radius 3 is 2.03 bits per heavy atom. The van der Waals surface area contributed by atoms with Gasteiger partial charge < -0.3 is 26.2 Å². The van der Waals surface area contributed by atoms with Crippen LogP contribution < -0.4 is 16.0 Å². The summed E-state index contributed by atoms with van der Waals surface area (Å²) >= 11 is 0. The fourth-order valence-corrected chi connectivity index (χ4v) is 4.45. The van der Waals surface area contributed by atoms with Crippen LogP contribution in [0.5, 0.6) is 0 Å². The van der Waals surface area contributed by atoms with Gasteiger partial charge in [0.15, 0.2) is 5.78 Å². The molecule has 5 N–H and O–H groups in total. The van der Waals surface area contributed by atoms with Crippen molar-refractivity contribution in [2.24, 2.45) is 0 Å². The summed E-state index contributed by atoms with van der Waals surface area (Å²) in [6.45, 7) is -0.408. The molecule has 190 valence electrons. The van der Waals surface area contributed by atoms with Gasteiger partial charge in [-0.3, -0.25) is 4.79 Å². The molecule has 8 heteroatoms. The van der Waals surface area contributed by atoms with E-state index in [2.05, 4.69) is 16.0 Å². The summed E-state index contributed by atoms with van der Waals surface area (Å²) in [5, 5.41) is 29.7. The van der Waals surface area contributed by atoms with Crippen LogP contribution >= 0.6 is 0 Å². The smallest absolute Gasteiger partial charge is 0.405 e. The number of rotatable bonds is 9. The summed E-state index contributed by atoms with van der Waals surface area (Å²) in [5.41, 5.74) is 6.34. The number of pyridine rings is 1. The van der Waals surface area contributed by atoms with Gasteiger partial charge in [-0.25, -0.2) is 9.78 Å². The monoisotopic (exact) mass is 506 g/mol. The van der Waals surface area contributed by atoms with Crippen LogP contribution in [0.15, 0.2) is 91.0 Å². The van der Waals surface area contributed by atoms with Gasteiger partial charge in [0.05, 0.1) is 29.9 Å². The van der Waals surface area contributed by atoms with Crippen LogP contribution in [0.2, 0.25) is 0 Å². The van der Waals surface area contributed by atoms with Gasteiger partial charge in [0.1, 0.15) is 0 Å². The molecule has 1 amide bonds. The standard InChI is InChI=1S/C30H26N4O4/c35-18-19-13-21(32-26-10-4-1-7-20(26)15-23(36)17-31-30(37)38)16-22(14-19)33-29-24-8-2-5-11-27(24)34-28-12-6-3-9-25(28)29/h1-14,16,31-32,35H,15,17-18H2,(H,33,34)(H,37,38). The van der Waals surface area contributed by atoms with E-state index in [0.717, 1.165) is 50.1 Å². The lowest BCUT2D eigenvalue weighted by molar-refractivity contribution is -0.117. The average molecular weight is 507 g/mol. The minimum atomic E-state index is -1.24. The Balaban J connectivity index is 1.48. The second kappa shape index (κ2) is 11.0. The number of anilines is 4. The van der Waals surface area contributed by atoms with Crippen LogP contribution in [0.1, 0.15) is 11.1 Å². The van der Waals surface area contributed by atoms with Gasteiger partial charge in [0.2, 0.25) is 0 Å². The third-order valence-electron chi connectivity index (χ3n) is 6.15. The van der Waals surface area contributed by atoms with E-state index in [1.54, 1.807) is 0 Å². The van der Waals surface area contributed by atoms with Gasteiger partial charge in [0.25, 0.3) is 0 Å². The van der Waals surface area contributed by atoms with E-state index < -0.39 is 6.09 Å². The van der Waals surface area contributed by atoms with Crippen molar-refractivity contribution in [2.45, 2.75) is 13.0 Å². The molecule has 0 bridgehead atoms. The van der Waals surface area contributed by atoms with Crippen LogP contribution in [-0.4, -0.2) is 33.6 Å². The Kier molecular flexibility index (Phi) is 7.15. The fourth-order valence-electron chi connectivity index (χ4n) is 4.45. The summed E-state index contributed by atoms with van der Waals surface area (Å²) in [5.74, 6) is -0.246. The number of carbonyl (C=O) groups is 2. The summed E-state index contributed by atoms with van der Waals surface area (Å²) < 4.78 is 0. The third kappa shape index (κ3) is 5.55. The highest BCUT2D eigenvalue weighted by atomic mass is 16.4. The normalized spacial score (nSPS) is 10.9. The summed E-state index contributed by atoms with van der Waals surface area (Å²) in [4.78, 5) is 27.8. The Morgan fingerprint density at radius 2 is 1.37 bits per heavy atom. The maximum Gasteiger partial charge on any atom is 0.405 e. The Labute approximate surface area is 219 Å². The molecule has 0 fully saturated rings. The molecule has 5 aromatic rings. The van der Waals surface area contributed by atoms with Gasteiger partial charge in [-0.15, -0.1) is 0 Å². The lowest BCUT2D eigenvalue weighted by Gasteiger charge is -2.17. The number of amides is 1. The van der Waals surface area contributed by atoms with E-state index >= 15 is 0 Å². The zero-order valence-corrected chi connectivity index (χ0v) is 20.4. The van der Waals surface area contributed by atoms with Gasteiger partial charge in [0, 0.05) is 34.3 Å². The van der Waals surface area contributed by atoms with E-state index in [-0.39, 0.29) is 25.4 Å². The van der Waals surface area contributed by atoms with Crippen molar-refractivity contribution in [3.8, 4) is 0 Å². The first-order chi connectivity index (χ1) is 18.5. The molecular formula is C30H26N4O4. The molecular weight excluding hydrogens is 480 g/mol. The van der Waals surface area contributed by atoms with Crippen molar-refractivity contribution in [1.29, 1.82) is 0 Å². The second-order valence-corrected chi connectivity index (χ2v) is 8.88. The number of nitrogens with zero attached hydrogens (tertiary/aromatic N) is 1. The Bertz CT molecular complexity index is 1600. The van der Waals surface area contributed by atoms with Crippen LogP contribution in [-0.2, 0) is 17.8 Å². The minimum Gasteiger partial charge on any atom is -0.465 e. The van der Waals surface area contributed by atoms with E-state index in [1.807, 2.05) is 91.0 Å². The maximum absolute atomic E-state index is 12.3. The number of carboxylic acid groups (broad SMARTS) is 1. The molecule has 0 unspecified atom stereocenters. The quantitative estimate of drug-likeness (QED) is 0.161. The van der Waals surface area contributed by atoms with Gasteiger partial charge in [-0.05, 0) is 47.5 Å². The number of nitrogens with one attached hydrogen (secondary N) is 3. The molecule has 0 atom stereocenters. The van der Waals surface area contributed by atoms with Crippen LogP contribution in [0.3, 0.4) is 0 Å². The third-order valence-corrected chi connectivity index (χ3v) is 6.15. The first-order valence-corrected chi connectivity index (χ1v) is 12.1. The number of ketones is 1. The number of fused-ring (bicyclic) bond motifs is 2. The van der Waals surface area contributed by atoms with Crippen molar-refractivity contribution in [2.75, 3.05) is 17.2 Å². The fraction of sp³-hybridized carbons (Fsp3) is 0.100. The first kappa shape index (κ1) is 24.7. The molecule has 4 aromatic carbocycles. The zero-order chi connectivity index (χ0) is 26.5. The summed E-state index contributed by atoms with van der Waals surface area (Å²) in [7, 11) is 0. The molecule has 0 saturated heterocycles. The van der Waals surface area contributed by atoms with Crippen LogP contribution in [0.4, 0.5) is 27.5 Å². The van der Waals surface area contributed by atoms with Crippen molar-refractivity contribution < 1.29 is 19.8 Å². The van der Waals surface area contributed by atoms with E-state index in [1.165, 1.54) is 0 Å². The van der Waals surface area contributed by atoms with E-state index in [9.17, 15) is 14.7 Å². The Hall–Kier alpha value is -4.95. The topological polar surface area (TPSA) is 124 Å². The molecule has 0 radical (unpaired) electrons. The molecule has 0 aliphatic rings. The highest BCUT2D eigenvalue weighted by molar-refractivity contribution is 6.08. The summed E-state index contributed by atoms with van der Waals surface area (Å²) in [6, 6.07) is 28.9. The number of aliphatic hydroxyl groups excluding tert-OH is 1. The molecule has 0 aliphatic heterocycles. The molecule has 0 spiro atoms. The van der Waals surface area contributed by atoms with Crippen molar-refractivity contribution in [3.63, 3.8) is 0 Å².